The van der Waals surface area contributed by atoms with Crippen molar-refractivity contribution in [1.29, 1.82) is 0 Å². The summed E-state index contributed by atoms with van der Waals surface area (Å²) in [6, 6.07) is 0. The smallest absolute Gasteiger partial charge is 0.264 e. The van der Waals surface area contributed by atoms with Crippen LogP contribution in [0.2, 0.25) is 0 Å². The van der Waals surface area contributed by atoms with E-state index in [9.17, 15) is 4.79 Å². The number of nitrogens with zero attached hydrogens (tertiary/aromatic N) is 1. The molecule has 0 fully saturated rings. The number of quaternary nitrogens is 1. The lowest BCUT2D eigenvalue weighted by Crippen LogP contribution is -2.54. The van der Waals surface area contributed by atoms with E-state index in [0.717, 1.165) is 13.0 Å². The van der Waals surface area contributed by atoms with Gasteiger partial charge in [0.15, 0.2) is 0 Å². The second-order valence-corrected chi connectivity index (χ2v) is 12.2. The third kappa shape index (κ3) is 28.0. The summed E-state index contributed by atoms with van der Waals surface area (Å²) in [5.74, 6) is 0.233. The Labute approximate surface area is 228 Å². The lowest BCUT2D eigenvalue weighted by molar-refractivity contribution is -0.925. The van der Waals surface area contributed by atoms with Crippen LogP contribution >= 0.6 is 0 Å². The van der Waals surface area contributed by atoms with Crippen molar-refractivity contribution in [1.82, 2.24) is 5.43 Å². The highest BCUT2D eigenvalue weighted by Gasteiger charge is 2.17. The van der Waals surface area contributed by atoms with Crippen molar-refractivity contribution in [2.75, 3.05) is 20.6 Å². The van der Waals surface area contributed by atoms with Crippen LogP contribution in [0.4, 0.5) is 0 Å². The van der Waals surface area contributed by atoms with E-state index >= 15 is 0 Å². The number of rotatable bonds is 29. The molecule has 0 atom stereocenters. The summed E-state index contributed by atoms with van der Waals surface area (Å²) in [6.45, 7) is 5.61. The first-order valence-corrected chi connectivity index (χ1v) is 16.7. The number of amides is 1. The molecule has 1 amide bonds. The van der Waals surface area contributed by atoms with Crippen LogP contribution in [0.15, 0.2) is 0 Å². The first-order valence-electron chi connectivity index (χ1n) is 16.7. The molecule has 0 saturated heterocycles. The topological polar surface area (TPSA) is 29.1 Å². The molecule has 216 valence electrons. The number of hydrogen-bond acceptors (Lipinski definition) is 1. The molecule has 36 heavy (non-hydrogen) atoms. The van der Waals surface area contributed by atoms with E-state index in [-0.39, 0.29) is 5.91 Å². The molecular formula is C33H69N2O+. The highest BCUT2D eigenvalue weighted by molar-refractivity contribution is 5.74. The van der Waals surface area contributed by atoms with Crippen LogP contribution in [0.25, 0.3) is 0 Å². The molecule has 0 aromatic rings. The van der Waals surface area contributed by atoms with Gasteiger partial charge in [-0.1, -0.05) is 162 Å². The Bertz CT molecular complexity index is 449. The van der Waals surface area contributed by atoms with E-state index in [0.29, 0.717) is 11.0 Å². The minimum atomic E-state index is 0.233. The van der Waals surface area contributed by atoms with Gasteiger partial charge in [-0.3, -0.25) is 4.79 Å². The summed E-state index contributed by atoms with van der Waals surface area (Å²) in [5, 5.41) is 0. The monoisotopic (exact) mass is 510 g/mol. The fraction of sp³-hybridized carbons (Fsp3) is 0.970. The van der Waals surface area contributed by atoms with Gasteiger partial charge in [-0.05, 0) is 19.3 Å². The van der Waals surface area contributed by atoms with E-state index in [1.165, 1.54) is 161 Å². The van der Waals surface area contributed by atoms with Crippen LogP contribution in [-0.4, -0.2) is 31.1 Å². The average molecular weight is 510 g/mol. The van der Waals surface area contributed by atoms with Crippen LogP contribution in [0, 0.1) is 0 Å². The first-order chi connectivity index (χ1) is 17.5. The highest BCUT2D eigenvalue weighted by atomic mass is 16.2. The molecule has 0 radical (unpaired) electrons. The maximum atomic E-state index is 12.4. The van der Waals surface area contributed by atoms with Crippen LogP contribution in [0.5, 0.6) is 0 Å². The maximum Gasteiger partial charge on any atom is 0.264 e. The molecule has 0 bridgehead atoms. The third-order valence-electron chi connectivity index (χ3n) is 7.76. The highest BCUT2D eigenvalue weighted by Crippen LogP contribution is 2.15. The van der Waals surface area contributed by atoms with Crippen LogP contribution in [-0.2, 0) is 4.79 Å². The molecule has 0 aliphatic rings. The zero-order valence-electron chi connectivity index (χ0n) is 25.7. The molecule has 0 aromatic carbocycles. The van der Waals surface area contributed by atoms with Gasteiger partial charge in [0.25, 0.3) is 5.91 Å². The molecule has 3 heteroatoms. The Morgan fingerprint density at radius 1 is 0.444 bits per heavy atom. The van der Waals surface area contributed by atoms with Gasteiger partial charge in [-0.25, -0.2) is 10.0 Å². The van der Waals surface area contributed by atoms with Crippen LogP contribution in [0.1, 0.15) is 187 Å². The summed E-state index contributed by atoms with van der Waals surface area (Å²) in [7, 11) is 4.27. The van der Waals surface area contributed by atoms with E-state index in [4.69, 9.17) is 0 Å². The molecule has 0 rings (SSSR count). The lowest BCUT2D eigenvalue weighted by Gasteiger charge is -2.29. The Morgan fingerprint density at radius 3 is 1.06 bits per heavy atom. The summed E-state index contributed by atoms with van der Waals surface area (Å²) in [6.07, 6.45) is 36.3. The van der Waals surface area contributed by atoms with E-state index in [2.05, 4.69) is 33.4 Å². The zero-order chi connectivity index (χ0) is 26.6. The van der Waals surface area contributed by atoms with Crippen molar-refractivity contribution in [3.8, 4) is 0 Å². The molecule has 1 N–H and O–H groups in total. The molecule has 0 heterocycles. The number of unbranched alkanes of at least 4 members (excludes halogenated alkanes) is 24. The summed E-state index contributed by atoms with van der Waals surface area (Å²) >= 11 is 0. The largest absolute Gasteiger partial charge is 0.270 e. The van der Waals surface area contributed by atoms with Crippen molar-refractivity contribution in [2.24, 2.45) is 0 Å². The summed E-state index contributed by atoms with van der Waals surface area (Å²) < 4.78 is 0.633. The minimum Gasteiger partial charge on any atom is -0.270 e. The molecule has 0 aliphatic heterocycles. The van der Waals surface area contributed by atoms with Gasteiger partial charge in [-0.2, -0.15) is 0 Å². The van der Waals surface area contributed by atoms with Crippen molar-refractivity contribution in [3.05, 3.63) is 0 Å². The van der Waals surface area contributed by atoms with Gasteiger partial charge in [-0.15, -0.1) is 0 Å². The molecule has 0 unspecified atom stereocenters. The first kappa shape index (κ1) is 35.4. The predicted molar refractivity (Wildman–Crippen MR) is 161 cm³/mol. The summed E-state index contributed by atoms with van der Waals surface area (Å²) in [4.78, 5) is 12.4. The fourth-order valence-electron chi connectivity index (χ4n) is 5.28. The van der Waals surface area contributed by atoms with Crippen molar-refractivity contribution in [2.45, 2.75) is 187 Å². The summed E-state index contributed by atoms with van der Waals surface area (Å²) in [5.41, 5.74) is 3.23. The van der Waals surface area contributed by atoms with Crippen molar-refractivity contribution in [3.63, 3.8) is 0 Å². The Morgan fingerprint density at radius 2 is 0.722 bits per heavy atom. The fourth-order valence-corrected chi connectivity index (χ4v) is 5.28. The zero-order valence-corrected chi connectivity index (χ0v) is 25.7. The van der Waals surface area contributed by atoms with Gasteiger partial charge in [0.2, 0.25) is 0 Å². The number of carbonyl (C=O) groups is 1. The predicted octanol–water partition coefficient (Wildman–Crippen LogP) is 10.7. The third-order valence-corrected chi connectivity index (χ3v) is 7.76. The van der Waals surface area contributed by atoms with Gasteiger partial charge in [0.1, 0.15) is 6.54 Å². The van der Waals surface area contributed by atoms with E-state index in [1.807, 2.05) is 0 Å². The standard InChI is InChI=1S/C33H68N2O/c1-5-7-9-11-13-15-16-17-18-19-20-21-22-23-25-27-29-31-33(36)34-35(3,4)32-30-28-26-24-14-12-10-8-6-2/h5-32H2,1-4H3/p+1. The van der Waals surface area contributed by atoms with E-state index in [1.54, 1.807) is 0 Å². The minimum absolute atomic E-state index is 0.233. The van der Waals surface area contributed by atoms with Crippen molar-refractivity contribution >= 4 is 5.91 Å². The Hall–Kier alpha value is -0.570. The van der Waals surface area contributed by atoms with Gasteiger partial charge in [0.05, 0.1) is 14.1 Å². The van der Waals surface area contributed by atoms with Gasteiger partial charge in [0, 0.05) is 6.42 Å². The molecular weight excluding hydrogens is 440 g/mol. The van der Waals surface area contributed by atoms with Crippen LogP contribution in [0.3, 0.4) is 0 Å². The van der Waals surface area contributed by atoms with Crippen molar-refractivity contribution < 1.29 is 9.39 Å². The Balaban J connectivity index is 3.39. The number of hydrogen-bond donors (Lipinski definition) is 1. The second kappa shape index (κ2) is 27.5. The lowest BCUT2D eigenvalue weighted by atomic mass is 10.0. The molecule has 3 nitrogen and oxygen atoms in total. The molecule has 0 aromatic heterocycles. The van der Waals surface area contributed by atoms with E-state index < -0.39 is 0 Å². The van der Waals surface area contributed by atoms with Gasteiger partial charge >= 0.3 is 0 Å². The number of carbonyl (C=O) groups excluding carboxylic acids is 1. The molecule has 0 aliphatic carbocycles. The SMILES string of the molecule is CCCCCCCCCCCCCCCCCCCC(=O)N[N+](C)(C)CCCCCCCCCCC. The molecule has 0 spiro atoms. The molecule has 0 saturated carbocycles. The second-order valence-electron chi connectivity index (χ2n) is 12.2. The number of nitrogens with one attached hydrogen (secondary N) is 1. The maximum absolute atomic E-state index is 12.4. The van der Waals surface area contributed by atoms with Crippen LogP contribution < -0.4 is 5.43 Å². The quantitative estimate of drug-likeness (QED) is 0.0606. The van der Waals surface area contributed by atoms with Gasteiger partial charge < -0.3 is 0 Å². The normalized spacial score (nSPS) is 11.8. The Kier molecular flexibility index (Phi) is 27.0. The average Bonchev–Trinajstić information content (AvgIpc) is 2.84.